The van der Waals surface area contributed by atoms with Gasteiger partial charge in [0, 0.05) is 6.42 Å². The van der Waals surface area contributed by atoms with Crippen LogP contribution in [0.2, 0.25) is 0 Å². The summed E-state index contributed by atoms with van der Waals surface area (Å²) in [6.07, 6.45) is 0.591. The van der Waals surface area contributed by atoms with Crippen molar-refractivity contribution in [2.75, 3.05) is 31.6 Å². The van der Waals surface area contributed by atoms with Crippen molar-refractivity contribution in [2.45, 2.75) is 40.2 Å². The second-order valence-electron chi connectivity index (χ2n) is 5.38. The van der Waals surface area contributed by atoms with Crippen LogP contribution in [-0.4, -0.2) is 53.8 Å². The Labute approximate surface area is 140 Å². The van der Waals surface area contributed by atoms with Crippen molar-refractivity contribution in [3.63, 3.8) is 0 Å². The number of rotatable bonds is 6. The lowest BCUT2D eigenvalue weighted by Crippen LogP contribution is -3.00. The van der Waals surface area contributed by atoms with Crippen molar-refractivity contribution in [3.05, 3.63) is 0 Å². The summed E-state index contributed by atoms with van der Waals surface area (Å²) in [6, 6.07) is 0.295. The van der Waals surface area contributed by atoms with Gasteiger partial charge in [0.2, 0.25) is 0 Å². The van der Waals surface area contributed by atoms with Crippen molar-refractivity contribution >= 4 is 27.7 Å². The molecule has 0 radical (unpaired) electrons. The fourth-order valence-electron chi connectivity index (χ4n) is 3.31. The van der Waals surface area contributed by atoms with Crippen LogP contribution in [0.5, 0.6) is 0 Å². The van der Waals surface area contributed by atoms with E-state index >= 15 is 0 Å². The second-order valence-corrected chi connectivity index (χ2v) is 6.03. The third kappa shape index (κ3) is 3.28. The van der Waals surface area contributed by atoms with Gasteiger partial charge in [-0.15, -0.1) is 0 Å². The van der Waals surface area contributed by atoms with E-state index in [1.165, 1.54) is 6.92 Å². The number of halogens is 2. The highest BCUT2D eigenvalue weighted by Gasteiger charge is 2.61. The molecule has 0 saturated carbocycles. The minimum absolute atomic E-state index is 0. The van der Waals surface area contributed by atoms with Gasteiger partial charge in [0.1, 0.15) is 12.6 Å². The number of hydrogen-bond donors (Lipinski definition) is 0. The number of hydrogen-bond acceptors (Lipinski definition) is 3. The number of quaternary nitrogens is 1. The third-order valence-corrected chi connectivity index (χ3v) is 5.47. The molecule has 2 atom stereocenters. The van der Waals surface area contributed by atoms with Gasteiger partial charge in [-0.1, -0.05) is 15.9 Å². The van der Waals surface area contributed by atoms with Crippen LogP contribution in [0.25, 0.3) is 0 Å². The molecule has 0 bridgehead atoms. The fourth-order valence-corrected chi connectivity index (χ4v) is 4.15. The van der Waals surface area contributed by atoms with Gasteiger partial charge in [0.15, 0.2) is 11.2 Å². The first-order valence-corrected chi connectivity index (χ1v) is 8.14. The molecule has 2 unspecified atom stereocenters. The van der Waals surface area contributed by atoms with E-state index in [1.807, 2.05) is 0 Å². The van der Waals surface area contributed by atoms with Gasteiger partial charge < -0.3 is 26.2 Å². The summed E-state index contributed by atoms with van der Waals surface area (Å²) in [5.41, 5.74) is -0.944. The van der Waals surface area contributed by atoms with Crippen molar-refractivity contribution < 1.29 is 35.8 Å². The minimum atomic E-state index is -0.944. The maximum atomic E-state index is 12.3. The van der Waals surface area contributed by atoms with E-state index < -0.39 is 5.41 Å². The molecule has 118 valence electrons. The Hall–Kier alpha value is 0.0600. The van der Waals surface area contributed by atoms with Crippen molar-refractivity contribution in [3.8, 4) is 0 Å². The summed E-state index contributed by atoms with van der Waals surface area (Å²) in [5, 5.41) is 0.809. The summed E-state index contributed by atoms with van der Waals surface area (Å²) in [7, 11) is 0. The highest BCUT2D eigenvalue weighted by atomic mass is 79.9. The van der Waals surface area contributed by atoms with Crippen LogP contribution in [0.3, 0.4) is 0 Å². The Balaban J connectivity index is 0.00000361. The molecular weight excluding hydrogens is 390 g/mol. The number of alkyl halides is 1. The molecule has 6 heteroatoms. The summed E-state index contributed by atoms with van der Waals surface area (Å²) in [6.45, 7) is 10.3. The minimum Gasteiger partial charge on any atom is -1.00 e. The van der Waals surface area contributed by atoms with Gasteiger partial charge in [-0.05, 0) is 27.7 Å². The van der Waals surface area contributed by atoms with E-state index in [0.29, 0.717) is 25.6 Å². The van der Waals surface area contributed by atoms with Crippen LogP contribution in [-0.2, 0) is 14.3 Å². The molecule has 0 N–H and O–H groups in total. The average Bonchev–Trinajstić information content (AvgIpc) is 2.75. The molecule has 1 fully saturated rings. The summed E-state index contributed by atoms with van der Waals surface area (Å²) in [5.74, 6) is -0.394. The first kappa shape index (κ1) is 20.1. The van der Waals surface area contributed by atoms with Crippen molar-refractivity contribution in [2.24, 2.45) is 5.41 Å². The summed E-state index contributed by atoms with van der Waals surface area (Å²) < 4.78 is 5.99. The number of Topliss-reactive ketones (excluding diaryl/α,β-unsaturated/α-hetero) is 1. The molecule has 0 amide bonds. The lowest BCUT2D eigenvalue weighted by molar-refractivity contribution is -0.935. The van der Waals surface area contributed by atoms with Crippen LogP contribution >= 0.6 is 15.9 Å². The van der Waals surface area contributed by atoms with Gasteiger partial charge in [0.25, 0.3) is 0 Å². The van der Waals surface area contributed by atoms with Gasteiger partial charge in [-0.3, -0.25) is 9.59 Å². The highest BCUT2D eigenvalue weighted by molar-refractivity contribution is 9.09. The van der Waals surface area contributed by atoms with E-state index in [0.717, 1.165) is 22.9 Å². The first-order chi connectivity index (χ1) is 8.92. The Bertz CT molecular complexity index is 358. The van der Waals surface area contributed by atoms with Crippen LogP contribution in [0, 0.1) is 5.41 Å². The fraction of sp³-hybridized carbons (Fsp3) is 0.857. The maximum absolute atomic E-state index is 12.3. The van der Waals surface area contributed by atoms with Crippen LogP contribution in [0.15, 0.2) is 0 Å². The number of ketones is 1. The molecule has 4 nitrogen and oxygen atoms in total. The molecule has 1 aliphatic rings. The number of carbonyl (C=O) groups excluding carboxylic acids is 2. The van der Waals surface area contributed by atoms with Crippen LogP contribution in [0.1, 0.15) is 34.1 Å². The van der Waals surface area contributed by atoms with E-state index in [2.05, 4.69) is 29.8 Å². The Kier molecular flexibility index (Phi) is 7.92. The SMILES string of the molecule is CCOC(=O)C1(C(C)=O)CC(CBr)[N+](CC)(CC)C1.[Br-]. The van der Waals surface area contributed by atoms with E-state index in [9.17, 15) is 9.59 Å². The van der Waals surface area contributed by atoms with Gasteiger partial charge in [0.05, 0.1) is 25.0 Å². The number of esters is 1. The van der Waals surface area contributed by atoms with Crippen LogP contribution < -0.4 is 17.0 Å². The number of ether oxygens (including phenoxy) is 1. The third-order valence-electron chi connectivity index (χ3n) is 4.72. The van der Waals surface area contributed by atoms with E-state index in [-0.39, 0.29) is 28.7 Å². The van der Waals surface area contributed by atoms with Crippen molar-refractivity contribution in [1.82, 2.24) is 0 Å². The second kappa shape index (κ2) is 7.90. The molecule has 1 saturated heterocycles. The van der Waals surface area contributed by atoms with Crippen LogP contribution in [0.4, 0.5) is 0 Å². The Morgan fingerprint density at radius 1 is 1.30 bits per heavy atom. The topological polar surface area (TPSA) is 43.4 Å². The van der Waals surface area contributed by atoms with Gasteiger partial charge in [-0.25, -0.2) is 0 Å². The Morgan fingerprint density at radius 2 is 1.85 bits per heavy atom. The molecule has 0 aliphatic carbocycles. The quantitative estimate of drug-likeness (QED) is 0.246. The lowest BCUT2D eigenvalue weighted by Gasteiger charge is -2.38. The molecular formula is C14H25Br2NO3. The molecule has 1 heterocycles. The molecule has 0 aromatic heterocycles. The number of nitrogens with zero attached hydrogens (tertiary/aromatic N) is 1. The van der Waals surface area contributed by atoms with E-state index in [1.54, 1.807) is 6.92 Å². The highest BCUT2D eigenvalue weighted by Crippen LogP contribution is 2.42. The number of carbonyl (C=O) groups is 2. The molecule has 0 spiro atoms. The number of likely N-dealkylation sites (tertiary alicyclic amines) is 1. The molecule has 0 aromatic carbocycles. The van der Waals surface area contributed by atoms with Crippen molar-refractivity contribution in [1.29, 1.82) is 0 Å². The molecule has 1 rings (SSSR count). The van der Waals surface area contributed by atoms with E-state index in [4.69, 9.17) is 4.74 Å². The standard InChI is InChI=1S/C14H25BrNO3.BrH/c1-5-16(6-2)10-14(11(4)17,8-12(16)9-15)13(18)19-7-3;/h12H,5-10H2,1-4H3;1H/q+1;/p-1. The van der Waals surface area contributed by atoms with Gasteiger partial charge >= 0.3 is 5.97 Å². The average molecular weight is 415 g/mol. The van der Waals surface area contributed by atoms with Gasteiger partial charge in [-0.2, -0.15) is 0 Å². The monoisotopic (exact) mass is 413 g/mol. The zero-order valence-corrected chi connectivity index (χ0v) is 15.9. The predicted molar refractivity (Wildman–Crippen MR) is 78.2 cm³/mol. The Morgan fingerprint density at radius 3 is 2.15 bits per heavy atom. The zero-order valence-electron chi connectivity index (χ0n) is 12.7. The zero-order chi connectivity index (χ0) is 14.7. The molecule has 1 aliphatic heterocycles. The predicted octanol–water partition coefficient (Wildman–Crippen LogP) is -0.847. The smallest absolute Gasteiger partial charge is 0.325 e. The normalized spacial score (nSPS) is 27.8. The first-order valence-electron chi connectivity index (χ1n) is 7.02. The molecule has 0 aromatic rings. The lowest BCUT2D eigenvalue weighted by atomic mass is 9.82. The molecule has 20 heavy (non-hydrogen) atoms. The maximum Gasteiger partial charge on any atom is 0.325 e. The summed E-state index contributed by atoms with van der Waals surface area (Å²) in [4.78, 5) is 24.5. The summed E-state index contributed by atoms with van der Waals surface area (Å²) >= 11 is 3.54. The largest absolute Gasteiger partial charge is 1.00 e.